The van der Waals surface area contributed by atoms with Crippen molar-refractivity contribution in [3.05, 3.63) is 24.2 Å². The summed E-state index contributed by atoms with van der Waals surface area (Å²) in [5.74, 6) is 1.88. The molecule has 1 aromatic rings. The van der Waals surface area contributed by atoms with E-state index in [1.807, 2.05) is 6.07 Å². The molecule has 2 N–H and O–H groups in total. The molecule has 2 heterocycles. The third-order valence-electron chi connectivity index (χ3n) is 4.91. The lowest BCUT2D eigenvalue weighted by Crippen LogP contribution is -2.39. The first kappa shape index (κ1) is 22.7. The van der Waals surface area contributed by atoms with Gasteiger partial charge in [-0.15, -0.1) is 0 Å². The van der Waals surface area contributed by atoms with Crippen molar-refractivity contribution in [2.75, 3.05) is 59.7 Å². The highest BCUT2D eigenvalue weighted by atomic mass is 16.5. The molecule has 1 atom stereocenters. The van der Waals surface area contributed by atoms with E-state index in [-0.39, 0.29) is 6.04 Å². The average Bonchev–Trinajstić information content (AvgIpc) is 3.25. The van der Waals surface area contributed by atoms with Crippen LogP contribution in [-0.2, 0) is 9.47 Å². The predicted molar refractivity (Wildman–Crippen MR) is 113 cm³/mol. The minimum Gasteiger partial charge on any atom is -0.468 e. The smallest absolute Gasteiger partial charge is 0.191 e. The van der Waals surface area contributed by atoms with Gasteiger partial charge in [0.1, 0.15) is 5.76 Å². The molecular weight excluding hydrogens is 356 g/mol. The van der Waals surface area contributed by atoms with Gasteiger partial charge in [-0.1, -0.05) is 6.42 Å². The minimum absolute atomic E-state index is 0.208. The highest BCUT2D eigenvalue weighted by molar-refractivity contribution is 5.79. The maximum Gasteiger partial charge on any atom is 0.191 e. The van der Waals surface area contributed by atoms with E-state index in [0.29, 0.717) is 19.8 Å². The van der Waals surface area contributed by atoms with Gasteiger partial charge in [-0.25, -0.2) is 0 Å². The molecule has 0 spiro atoms. The Balaban J connectivity index is 1.79. The normalized spacial score (nSPS) is 16.9. The molecule has 1 saturated heterocycles. The number of aliphatic imine (C=N–C) groups is 1. The first-order valence-corrected chi connectivity index (χ1v) is 10.7. The Morgan fingerprint density at radius 2 is 2.04 bits per heavy atom. The van der Waals surface area contributed by atoms with Crippen LogP contribution in [0.15, 0.2) is 27.8 Å². The van der Waals surface area contributed by atoms with E-state index in [2.05, 4.69) is 28.5 Å². The molecular formula is C21H38N4O3. The van der Waals surface area contributed by atoms with E-state index in [0.717, 1.165) is 57.3 Å². The van der Waals surface area contributed by atoms with Gasteiger partial charge in [0.15, 0.2) is 5.96 Å². The maximum atomic E-state index is 5.72. The Bertz CT molecular complexity index is 516. The molecule has 1 aliphatic heterocycles. The summed E-state index contributed by atoms with van der Waals surface area (Å²) in [5.41, 5.74) is 0. The minimum atomic E-state index is 0.208. The first-order valence-electron chi connectivity index (χ1n) is 10.7. The van der Waals surface area contributed by atoms with Gasteiger partial charge in [-0.3, -0.25) is 9.89 Å². The van der Waals surface area contributed by atoms with E-state index in [1.54, 1.807) is 13.4 Å². The van der Waals surface area contributed by atoms with Crippen LogP contribution in [0, 0.1) is 0 Å². The van der Waals surface area contributed by atoms with Crippen molar-refractivity contribution < 1.29 is 13.9 Å². The van der Waals surface area contributed by atoms with Gasteiger partial charge in [0.2, 0.25) is 0 Å². The number of hydrogen-bond acceptors (Lipinski definition) is 5. The zero-order valence-electron chi connectivity index (χ0n) is 17.6. The quantitative estimate of drug-likeness (QED) is 0.305. The zero-order chi connectivity index (χ0) is 19.9. The van der Waals surface area contributed by atoms with E-state index in [4.69, 9.17) is 18.9 Å². The van der Waals surface area contributed by atoms with E-state index in [1.165, 1.54) is 19.3 Å². The molecule has 0 bridgehead atoms. The summed E-state index contributed by atoms with van der Waals surface area (Å²) < 4.78 is 16.2. The van der Waals surface area contributed by atoms with E-state index in [9.17, 15) is 0 Å². The molecule has 0 amide bonds. The number of nitrogens with one attached hydrogen (secondary N) is 2. The van der Waals surface area contributed by atoms with Crippen molar-refractivity contribution in [3.63, 3.8) is 0 Å². The molecule has 28 heavy (non-hydrogen) atoms. The molecule has 1 aliphatic rings. The fraction of sp³-hybridized carbons (Fsp3) is 0.762. The predicted octanol–water partition coefficient (Wildman–Crippen LogP) is 2.80. The number of methoxy groups -OCH3 is 1. The molecule has 0 saturated carbocycles. The standard InChI is InChI=1S/C21H38N4O3/c1-3-22-21(23-11-5-8-14-27-17-16-26-2)24-18-19(20-10-9-15-28-20)25-12-6-4-7-13-25/h9-10,15,19H,3-8,11-14,16-18H2,1-2H3,(H2,22,23,24). The van der Waals surface area contributed by atoms with Crippen molar-refractivity contribution >= 4 is 5.96 Å². The summed E-state index contributed by atoms with van der Waals surface area (Å²) in [6, 6.07) is 4.24. The highest BCUT2D eigenvalue weighted by Gasteiger charge is 2.24. The SMILES string of the molecule is CCNC(=NCC(c1ccco1)N1CCCCC1)NCCCCOCCOC. The Morgan fingerprint density at radius 3 is 2.75 bits per heavy atom. The number of hydrogen-bond donors (Lipinski definition) is 2. The number of piperidine rings is 1. The second kappa shape index (κ2) is 14.4. The number of ether oxygens (including phenoxy) is 2. The number of unbranched alkanes of at least 4 members (excludes halogenated alkanes) is 1. The Hall–Kier alpha value is -1.57. The third kappa shape index (κ3) is 8.63. The lowest BCUT2D eigenvalue weighted by atomic mass is 10.1. The largest absolute Gasteiger partial charge is 0.468 e. The fourth-order valence-corrected chi connectivity index (χ4v) is 3.40. The molecule has 1 aromatic heterocycles. The highest BCUT2D eigenvalue weighted by Crippen LogP contribution is 2.25. The van der Waals surface area contributed by atoms with Crippen LogP contribution >= 0.6 is 0 Å². The lowest BCUT2D eigenvalue weighted by Gasteiger charge is -2.32. The molecule has 2 rings (SSSR count). The molecule has 160 valence electrons. The topological polar surface area (TPSA) is 71.3 Å². The lowest BCUT2D eigenvalue weighted by molar-refractivity contribution is 0.0689. The van der Waals surface area contributed by atoms with Crippen molar-refractivity contribution in [3.8, 4) is 0 Å². The van der Waals surface area contributed by atoms with Crippen molar-refractivity contribution in [2.24, 2.45) is 4.99 Å². The van der Waals surface area contributed by atoms with Gasteiger partial charge in [0, 0.05) is 26.8 Å². The van der Waals surface area contributed by atoms with Crippen molar-refractivity contribution in [1.82, 2.24) is 15.5 Å². The van der Waals surface area contributed by atoms with Gasteiger partial charge < -0.3 is 24.5 Å². The van der Waals surface area contributed by atoms with Gasteiger partial charge in [0.05, 0.1) is 32.1 Å². The number of furan rings is 1. The number of rotatable bonds is 13. The molecule has 0 radical (unpaired) electrons. The van der Waals surface area contributed by atoms with Crippen LogP contribution < -0.4 is 10.6 Å². The molecule has 0 aliphatic carbocycles. The average molecular weight is 395 g/mol. The maximum absolute atomic E-state index is 5.72. The second-order valence-corrected chi connectivity index (χ2v) is 7.09. The molecule has 7 nitrogen and oxygen atoms in total. The summed E-state index contributed by atoms with van der Waals surface area (Å²) in [7, 11) is 1.69. The fourth-order valence-electron chi connectivity index (χ4n) is 3.40. The third-order valence-corrected chi connectivity index (χ3v) is 4.91. The molecule has 1 fully saturated rings. The summed E-state index contributed by atoms with van der Waals surface area (Å²) in [6.07, 6.45) is 7.67. The van der Waals surface area contributed by atoms with E-state index >= 15 is 0 Å². The zero-order valence-corrected chi connectivity index (χ0v) is 17.6. The molecule has 1 unspecified atom stereocenters. The summed E-state index contributed by atoms with van der Waals surface area (Å²) >= 11 is 0. The van der Waals surface area contributed by atoms with Gasteiger partial charge in [0.25, 0.3) is 0 Å². The van der Waals surface area contributed by atoms with Gasteiger partial charge >= 0.3 is 0 Å². The number of nitrogens with zero attached hydrogens (tertiary/aromatic N) is 2. The van der Waals surface area contributed by atoms with Crippen LogP contribution in [-0.4, -0.2) is 70.5 Å². The van der Waals surface area contributed by atoms with Crippen LogP contribution in [0.3, 0.4) is 0 Å². The van der Waals surface area contributed by atoms with Crippen LogP contribution in [0.4, 0.5) is 0 Å². The van der Waals surface area contributed by atoms with E-state index < -0.39 is 0 Å². The monoisotopic (exact) mass is 394 g/mol. The first-order chi connectivity index (χ1) is 13.8. The number of guanidine groups is 1. The molecule has 0 aromatic carbocycles. The summed E-state index contributed by atoms with van der Waals surface area (Å²) in [4.78, 5) is 7.35. The van der Waals surface area contributed by atoms with Crippen LogP contribution in [0.5, 0.6) is 0 Å². The molecule has 7 heteroatoms. The van der Waals surface area contributed by atoms with Crippen LogP contribution in [0.25, 0.3) is 0 Å². The number of likely N-dealkylation sites (tertiary alicyclic amines) is 1. The van der Waals surface area contributed by atoms with Crippen molar-refractivity contribution in [1.29, 1.82) is 0 Å². The van der Waals surface area contributed by atoms with Crippen LogP contribution in [0.1, 0.15) is 50.8 Å². The Labute approximate surface area is 169 Å². The van der Waals surface area contributed by atoms with Crippen LogP contribution in [0.2, 0.25) is 0 Å². The Kier molecular flexibility index (Phi) is 11.7. The Morgan fingerprint density at radius 1 is 1.18 bits per heavy atom. The van der Waals surface area contributed by atoms with Gasteiger partial charge in [-0.05, 0) is 57.8 Å². The van der Waals surface area contributed by atoms with Gasteiger partial charge in [-0.2, -0.15) is 0 Å². The summed E-state index contributed by atoms with van der Waals surface area (Å²) in [5, 5.41) is 6.78. The van der Waals surface area contributed by atoms with Crippen molar-refractivity contribution in [2.45, 2.75) is 45.1 Å². The second-order valence-electron chi connectivity index (χ2n) is 7.09. The summed E-state index contributed by atoms with van der Waals surface area (Å²) in [6.45, 7) is 8.85.